The Morgan fingerprint density at radius 2 is 1.17 bits per heavy atom. The lowest BCUT2D eigenvalue weighted by Crippen LogP contribution is -2.11. The van der Waals surface area contributed by atoms with Gasteiger partial charge in [0.25, 0.3) is 0 Å². The highest BCUT2D eigenvalue weighted by Gasteiger charge is 2.18. The van der Waals surface area contributed by atoms with Crippen molar-refractivity contribution in [1.29, 1.82) is 0 Å². The summed E-state index contributed by atoms with van der Waals surface area (Å²) in [5.74, 6) is 8.35. The average molecular weight is 248 g/mol. The lowest BCUT2D eigenvalue weighted by atomic mass is 9.99. The predicted octanol–water partition coefficient (Wildman–Crippen LogP) is 2.06. The van der Waals surface area contributed by atoms with E-state index in [0.717, 1.165) is 0 Å². The van der Waals surface area contributed by atoms with Gasteiger partial charge < -0.3 is 10.2 Å². The number of aliphatic carboxylic acids is 2. The van der Waals surface area contributed by atoms with E-state index in [0.29, 0.717) is 12.8 Å². The Labute approximate surface area is 107 Å². The van der Waals surface area contributed by atoms with Crippen molar-refractivity contribution >= 4 is 11.9 Å². The summed E-state index contributed by atoms with van der Waals surface area (Å²) in [6.07, 6.45) is 0.956. The molecule has 2 N–H and O–H groups in total. The topological polar surface area (TPSA) is 74.6 Å². The molecule has 0 aromatic rings. The fourth-order valence-electron chi connectivity index (χ4n) is 1.40. The van der Waals surface area contributed by atoms with Gasteiger partial charge in [-0.2, -0.15) is 0 Å². The monoisotopic (exact) mass is 248 g/mol. The van der Waals surface area contributed by atoms with Crippen LogP contribution in [0, 0.1) is 23.7 Å². The second-order valence-corrected chi connectivity index (χ2v) is 3.42. The van der Waals surface area contributed by atoms with Crippen LogP contribution in [0.1, 0.15) is 39.5 Å². The molecule has 0 spiro atoms. The Bertz CT molecular complexity index is 419. The van der Waals surface area contributed by atoms with Gasteiger partial charge in [-0.05, 0) is 26.7 Å². The molecule has 0 bridgehead atoms. The molecule has 0 saturated carbocycles. The number of rotatable bonds is 6. The zero-order valence-electron chi connectivity index (χ0n) is 10.5. The Balaban J connectivity index is 5.11. The summed E-state index contributed by atoms with van der Waals surface area (Å²) < 4.78 is 0. The molecule has 0 amide bonds. The summed E-state index contributed by atoms with van der Waals surface area (Å²) in [5.41, 5.74) is -0.161. The number of hydrogen-bond donors (Lipinski definition) is 2. The second-order valence-electron chi connectivity index (χ2n) is 3.42. The van der Waals surface area contributed by atoms with Crippen LogP contribution in [-0.4, -0.2) is 22.2 Å². The van der Waals surface area contributed by atoms with Gasteiger partial charge in [-0.1, -0.05) is 0 Å². The Morgan fingerprint density at radius 3 is 1.39 bits per heavy atom. The minimum absolute atomic E-state index is 0.0804. The average Bonchev–Trinajstić information content (AvgIpc) is 2.31. The van der Waals surface area contributed by atoms with Gasteiger partial charge in [-0.15, -0.1) is 23.7 Å². The molecule has 96 valence electrons. The van der Waals surface area contributed by atoms with E-state index in [1.165, 1.54) is 0 Å². The van der Waals surface area contributed by atoms with Crippen LogP contribution in [0.2, 0.25) is 0 Å². The third kappa shape index (κ3) is 5.77. The number of carboxylic acid groups (broad SMARTS) is 2. The molecule has 0 aromatic heterocycles. The third-order valence-corrected chi connectivity index (χ3v) is 2.23. The Morgan fingerprint density at radius 1 is 0.833 bits per heavy atom. The molecule has 0 rings (SSSR count). The zero-order chi connectivity index (χ0) is 14.0. The molecular weight excluding hydrogens is 232 g/mol. The van der Waals surface area contributed by atoms with E-state index in [2.05, 4.69) is 23.7 Å². The van der Waals surface area contributed by atoms with Gasteiger partial charge >= 0.3 is 11.9 Å². The van der Waals surface area contributed by atoms with Crippen LogP contribution < -0.4 is 0 Å². The first kappa shape index (κ1) is 15.8. The quantitative estimate of drug-likeness (QED) is 0.557. The third-order valence-electron chi connectivity index (χ3n) is 2.23. The summed E-state index contributed by atoms with van der Waals surface area (Å²) >= 11 is 0. The maximum atomic E-state index is 11.1. The van der Waals surface area contributed by atoms with Crippen LogP contribution in [0.15, 0.2) is 11.1 Å². The first-order valence-electron chi connectivity index (χ1n) is 5.52. The molecule has 0 aliphatic carbocycles. The molecule has 0 aromatic carbocycles. The molecule has 18 heavy (non-hydrogen) atoms. The van der Waals surface area contributed by atoms with Crippen molar-refractivity contribution in [3.8, 4) is 23.7 Å². The molecule has 4 nitrogen and oxygen atoms in total. The summed E-state index contributed by atoms with van der Waals surface area (Å²) in [7, 11) is 0. The number of carboxylic acids is 2. The molecule has 0 radical (unpaired) electrons. The van der Waals surface area contributed by atoms with Crippen LogP contribution in [0.3, 0.4) is 0 Å². The highest BCUT2D eigenvalue weighted by Crippen LogP contribution is 2.17. The van der Waals surface area contributed by atoms with E-state index in [9.17, 15) is 9.59 Å². The van der Waals surface area contributed by atoms with Gasteiger partial charge in [0, 0.05) is 24.0 Å². The molecule has 4 heteroatoms. The fourth-order valence-corrected chi connectivity index (χ4v) is 1.40. The Kier molecular flexibility index (Phi) is 7.81. The summed E-state index contributed by atoms with van der Waals surface area (Å²) in [5, 5.41) is 18.1. The van der Waals surface area contributed by atoms with Crippen molar-refractivity contribution < 1.29 is 19.8 Å². The van der Waals surface area contributed by atoms with Crippen LogP contribution in [-0.2, 0) is 9.59 Å². The van der Waals surface area contributed by atoms with Crippen molar-refractivity contribution in [2.24, 2.45) is 0 Å². The van der Waals surface area contributed by atoms with Gasteiger partial charge in [0.1, 0.15) is 0 Å². The van der Waals surface area contributed by atoms with E-state index in [1.807, 2.05) is 0 Å². The molecule has 0 aliphatic heterocycles. The summed E-state index contributed by atoms with van der Waals surface area (Å²) in [6.45, 7) is 3.30. The van der Waals surface area contributed by atoms with E-state index in [-0.39, 0.29) is 24.0 Å². The number of carbonyl (C=O) groups is 2. The van der Waals surface area contributed by atoms with Crippen molar-refractivity contribution in [3.63, 3.8) is 0 Å². The van der Waals surface area contributed by atoms with Crippen LogP contribution in [0.5, 0.6) is 0 Å². The molecule has 0 atom stereocenters. The van der Waals surface area contributed by atoms with Crippen LogP contribution in [0.25, 0.3) is 0 Å². The zero-order valence-corrected chi connectivity index (χ0v) is 10.5. The molecular formula is C14H16O4. The minimum Gasteiger partial charge on any atom is -0.478 e. The standard InChI is InChI=1S/C14H16O4/c1-3-5-7-9-11(13(15)16)12(14(17)18)10-8-6-4-2/h7-10H2,1-2H3,(H,15,16)(H,17,18). The van der Waals surface area contributed by atoms with Crippen LogP contribution >= 0.6 is 0 Å². The van der Waals surface area contributed by atoms with Crippen LogP contribution in [0.4, 0.5) is 0 Å². The minimum atomic E-state index is -1.20. The number of hydrogen-bond acceptors (Lipinski definition) is 2. The van der Waals surface area contributed by atoms with E-state index in [4.69, 9.17) is 10.2 Å². The fraction of sp³-hybridized carbons (Fsp3) is 0.429. The lowest BCUT2D eigenvalue weighted by Gasteiger charge is -2.06. The largest absolute Gasteiger partial charge is 0.478 e. The maximum absolute atomic E-state index is 11.1. The molecule has 0 heterocycles. The molecule has 0 fully saturated rings. The van der Waals surface area contributed by atoms with Gasteiger partial charge in [0.15, 0.2) is 0 Å². The van der Waals surface area contributed by atoms with Crippen molar-refractivity contribution in [2.75, 3.05) is 0 Å². The van der Waals surface area contributed by atoms with Gasteiger partial charge in [0.05, 0.1) is 0 Å². The van der Waals surface area contributed by atoms with Gasteiger partial charge in [0.2, 0.25) is 0 Å². The predicted molar refractivity (Wildman–Crippen MR) is 67.7 cm³/mol. The first-order valence-corrected chi connectivity index (χ1v) is 5.52. The van der Waals surface area contributed by atoms with Gasteiger partial charge in [-0.25, -0.2) is 9.59 Å². The van der Waals surface area contributed by atoms with E-state index >= 15 is 0 Å². The van der Waals surface area contributed by atoms with Crippen molar-refractivity contribution in [3.05, 3.63) is 11.1 Å². The smallest absolute Gasteiger partial charge is 0.332 e. The SMILES string of the molecule is CC#CCCC(C(=O)O)=C(CCC#CC)C(=O)O. The highest BCUT2D eigenvalue weighted by molar-refractivity contribution is 5.98. The normalized spacial score (nSPS) is 10.3. The van der Waals surface area contributed by atoms with E-state index < -0.39 is 11.9 Å². The summed E-state index contributed by atoms with van der Waals surface area (Å²) in [4.78, 5) is 22.1. The molecule has 0 unspecified atom stereocenters. The highest BCUT2D eigenvalue weighted by atomic mass is 16.4. The first-order chi connectivity index (χ1) is 8.54. The maximum Gasteiger partial charge on any atom is 0.332 e. The van der Waals surface area contributed by atoms with Crippen molar-refractivity contribution in [2.45, 2.75) is 39.5 Å². The molecule has 0 aliphatic rings. The Hall–Kier alpha value is -2.20. The van der Waals surface area contributed by atoms with Crippen molar-refractivity contribution in [1.82, 2.24) is 0 Å². The lowest BCUT2D eigenvalue weighted by molar-refractivity contribution is -0.136. The summed E-state index contributed by atoms with van der Waals surface area (Å²) in [6, 6.07) is 0. The van der Waals surface area contributed by atoms with E-state index in [1.54, 1.807) is 13.8 Å². The molecule has 0 saturated heterocycles. The van der Waals surface area contributed by atoms with Gasteiger partial charge in [-0.3, -0.25) is 0 Å². The second kappa shape index (κ2) is 8.90.